The third kappa shape index (κ3) is 5.83. The zero-order valence-electron chi connectivity index (χ0n) is 20.7. The molecule has 39 heavy (non-hydrogen) atoms. The van der Waals surface area contributed by atoms with Gasteiger partial charge in [-0.15, -0.1) is 0 Å². The van der Waals surface area contributed by atoms with Gasteiger partial charge in [-0.05, 0) is 59.8 Å². The van der Waals surface area contributed by atoms with E-state index in [4.69, 9.17) is 0 Å². The van der Waals surface area contributed by atoms with E-state index in [9.17, 15) is 31.1 Å². The first kappa shape index (κ1) is 27.3. The second-order valence-corrected chi connectivity index (χ2v) is 10.2. The van der Waals surface area contributed by atoms with Crippen molar-refractivity contribution in [1.82, 2.24) is 19.6 Å². The summed E-state index contributed by atoms with van der Waals surface area (Å²) in [5.74, 6) is -0.328. The third-order valence-electron chi connectivity index (χ3n) is 6.73. The topological polar surface area (TPSA) is 53.7 Å². The number of likely N-dealkylation sites (N-methyl/N-ethyl adjacent to an activating group) is 1. The van der Waals surface area contributed by atoms with Gasteiger partial charge in [0.05, 0.1) is 34.3 Å². The van der Waals surface area contributed by atoms with Crippen LogP contribution in [0.4, 0.5) is 26.3 Å². The van der Waals surface area contributed by atoms with Gasteiger partial charge in [-0.3, -0.25) is 9.48 Å². The van der Waals surface area contributed by atoms with E-state index in [-0.39, 0.29) is 24.1 Å². The predicted molar refractivity (Wildman–Crippen MR) is 137 cm³/mol. The number of fused-ring (bicyclic) bond motifs is 1. The minimum absolute atomic E-state index is 0.127. The molecular formula is C26H23F6N5OS. The molecule has 13 heteroatoms. The van der Waals surface area contributed by atoms with Gasteiger partial charge < -0.3 is 9.80 Å². The Hall–Kier alpha value is -3.32. The molecule has 0 aliphatic carbocycles. The Morgan fingerprint density at radius 3 is 2.38 bits per heavy atom. The van der Waals surface area contributed by atoms with Gasteiger partial charge in [0, 0.05) is 31.6 Å². The molecule has 1 fully saturated rings. The number of halogens is 6. The molecule has 0 bridgehead atoms. The van der Waals surface area contributed by atoms with Crippen LogP contribution >= 0.6 is 11.8 Å². The highest BCUT2D eigenvalue weighted by Crippen LogP contribution is 2.38. The predicted octanol–water partition coefficient (Wildman–Crippen LogP) is 5.73. The van der Waals surface area contributed by atoms with Crippen molar-refractivity contribution in [3.63, 3.8) is 0 Å². The number of aliphatic imine (C=N–C) groups is 1. The van der Waals surface area contributed by atoms with Gasteiger partial charge in [-0.25, -0.2) is 0 Å². The van der Waals surface area contributed by atoms with Gasteiger partial charge in [-0.1, -0.05) is 19.1 Å². The molecule has 1 aromatic heterocycles. The van der Waals surface area contributed by atoms with E-state index in [1.54, 1.807) is 24.3 Å². The summed E-state index contributed by atoms with van der Waals surface area (Å²) < 4.78 is 81.0. The molecule has 0 radical (unpaired) electrons. The van der Waals surface area contributed by atoms with Crippen molar-refractivity contribution in [2.24, 2.45) is 4.99 Å². The first-order valence-corrected chi connectivity index (χ1v) is 13.0. The maximum absolute atomic E-state index is 13.6. The molecule has 3 heterocycles. The molecule has 5 rings (SSSR count). The van der Waals surface area contributed by atoms with E-state index in [2.05, 4.69) is 26.8 Å². The maximum Gasteiger partial charge on any atom is 0.416 e. The Bertz CT molecular complexity index is 1470. The number of amidine groups is 1. The van der Waals surface area contributed by atoms with Crippen LogP contribution in [-0.2, 0) is 23.7 Å². The summed E-state index contributed by atoms with van der Waals surface area (Å²) in [6.45, 7) is 6.11. The van der Waals surface area contributed by atoms with E-state index < -0.39 is 23.5 Å². The Morgan fingerprint density at radius 1 is 0.974 bits per heavy atom. The van der Waals surface area contributed by atoms with Gasteiger partial charge in [0.1, 0.15) is 0 Å². The van der Waals surface area contributed by atoms with E-state index in [1.807, 2.05) is 0 Å². The zero-order valence-corrected chi connectivity index (χ0v) is 21.5. The van der Waals surface area contributed by atoms with Crippen molar-refractivity contribution in [3.8, 4) is 0 Å². The molecular weight excluding hydrogens is 544 g/mol. The Morgan fingerprint density at radius 2 is 1.72 bits per heavy atom. The van der Waals surface area contributed by atoms with Crippen LogP contribution in [0, 0.1) is 0 Å². The number of rotatable bonds is 4. The van der Waals surface area contributed by atoms with E-state index >= 15 is 0 Å². The molecule has 6 nitrogen and oxygen atoms in total. The van der Waals surface area contributed by atoms with Crippen LogP contribution in [0.25, 0.3) is 17.0 Å². The van der Waals surface area contributed by atoms with E-state index in [0.717, 1.165) is 38.8 Å². The van der Waals surface area contributed by atoms with Gasteiger partial charge in [0.2, 0.25) is 0 Å². The number of hydrogen-bond acceptors (Lipinski definition) is 5. The summed E-state index contributed by atoms with van der Waals surface area (Å²) in [4.78, 5) is 21.6. The summed E-state index contributed by atoms with van der Waals surface area (Å²) in [5.41, 5.74) is -1.86. The third-order valence-corrected chi connectivity index (χ3v) is 7.77. The lowest BCUT2D eigenvalue weighted by molar-refractivity contribution is -0.143. The lowest BCUT2D eigenvalue weighted by Gasteiger charge is -2.34. The largest absolute Gasteiger partial charge is 0.416 e. The number of thioether (sulfide) groups is 1. The standard InChI is InChI=1S/C26H23F6N5OS/c1-2-35-7-9-36(10-8-35)24-34-23(38)22(39-24)12-16-3-6-21-18(11-16)14-33-37(21)15-17-4-5-19(25(27,28)29)13-20(17)26(30,31)32/h3-6,11-14H,2,7-10,15H2,1H3. The van der Waals surface area contributed by atoms with Crippen LogP contribution in [0.1, 0.15) is 29.2 Å². The molecule has 0 N–H and O–H groups in total. The zero-order chi connectivity index (χ0) is 27.9. The number of aromatic nitrogens is 2. The molecule has 1 saturated heterocycles. The lowest BCUT2D eigenvalue weighted by atomic mass is 10.0. The van der Waals surface area contributed by atoms with Crippen molar-refractivity contribution in [1.29, 1.82) is 0 Å². The quantitative estimate of drug-likeness (QED) is 0.298. The SMILES string of the molecule is CCN1CCN(C2=NC(=O)C(=Cc3ccc4c(cnn4Cc4ccc(C(F)(F)F)cc4C(F)(F)F)c3)S2)CC1. The smallest absolute Gasteiger partial charge is 0.348 e. The van der Waals surface area contributed by atoms with Gasteiger partial charge >= 0.3 is 12.4 Å². The van der Waals surface area contributed by atoms with E-state index in [0.29, 0.717) is 32.6 Å². The van der Waals surface area contributed by atoms with Gasteiger partial charge in [0.25, 0.3) is 5.91 Å². The van der Waals surface area contributed by atoms with Crippen LogP contribution in [0.15, 0.2) is 52.5 Å². The number of alkyl halides is 6. The molecule has 1 amide bonds. The number of amides is 1. The number of carbonyl (C=O) groups is 1. The summed E-state index contributed by atoms with van der Waals surface area (Å²) >= 11 is 1.31. The van der Waals surface area contributed by atoms with Crippen molar-refractivity contribution in [2.45, 2.75) is 25.8 Å². The van der Waals surface area contributed by atoms with Gasteiger partial charge in [0.15, 0.2) is 5.17 Å². The Kier molecular flexibility index (Phi) is 7.23. The second-order valence-electron chi connectivity index (χ2n) is 9.22. The van der Waals surface area contributed by atoms with Crippen LogP contribution in [0.3, 0.4) is 0 Å². The fourth-order valence-corrected chi connectivity index (χ4v) is 5.54. The normalized spacial score (nSPS) is 18.4. The lowest BCUT2D eigenvalue weighted by Crippen LogP contribution is -2.47. The molecule has 0 unspecified atom stereocenters. The van der Waals surface area contributed by atoms with Crippen molar-refractivity contribution in [3.05, 3.63) is 69.8 Å². The minimum atomic E-state index is -4.96. The first-order chi connectivity index (χ1) is 18.4. The first-order valence-electron chi connectivity index (χ1n) is 12.1. The number of nitrogens with zero attached hydrogens (tertiary/aromatic N) is 5. The molecule has 2 aliphatic rings. The van der Waals surface area contributed by atoms with Gasteiger partial charge in [-0.2, -0.15) is 36.4 Å². The van der Waals surface area contributed by atoms with Crippen molar-refractivity contribution in [2.75, 3.05) is 32.7 Å². The number of carbonyl (C=O) groups excluding carboxylic acids is 1. The highest BCUT2D eigenvalue weighted by atomic mass is 32.2. The highest BCUT2D eigenvalue weighted by Gasteiger charge is 2.38. The van der Waals surface area contributed by atoms with Crippen LogP contribution < -0.4 is 0 Å². The summed E-state index contributed by atoms with van der Waals surface area (Å²) in [6, 6.07) is 6.70. The monoisotopic (exact) mass is 567 g/mol. The number of benzene rings is 2. The summed E-state index contributed by atoms with van der Waals surface area (Å²) in [5, 5.41) is 5.44. The van der Waals surface area contributed by atoms with Crippen LogP contribution in [0.2, 0.25) is 0 Å². The fourth-order valence-electron chi connectivity index (χ4n) is 4.58. The van der Waals surface area contributed by atoms with Crippen molar-refractivity contribution < 1.29 is 31.1 Å². The minimum Gasteiger partial charge on any atom is -0.348 e. The fraction of sp³-hybridized carbons (Fsp3) is 0.346. The molecule has 0 spiro atoms. The molecule has 2 aromatic carbocycles. The molecule has 0 atom stereocenters. The summed E-state index contributed by atoms with van der Waals surface area (Å²) in [6.07, 6.45) is -6.68. The van der Waals surface area contributed by atoms with Crippen molar-refractivity contribution >= 4 is 39.8 Å². The number of hydrogen-bond donors (Lipinski definition) is 0. The average molecular weight is 568 g/mol. The molecule has 2 aliphatic heterocycles. The Balaban J connectivity index is 1.35. The van der Waals surface area contributed by atoms with Crippen LogP contribution in [-0.4, -0.2) is 63.4 Å². The second kappa shape index (κ2) is 10.3. The van der Waals surface area contributed by atoms with Crippen LogP contribution in [0.5, 0.6) is 0 Å². The maximum atomic E-state index is 13.6. The molecule has 3 aromatic rings. The Labute approximate surface area is 224 Å². The summed E-state index contributed by atoms with van der Waals surface area (Å²) in [7, 11) is 0. The molecule has 206 valence electrons. The highest BCUT2D eigenvalue weighted by molar-refractivity contribution is 8.18. The number of piperazine rings is 1. The average Bonchev–Trinajstić information content (AvgIpc) is 3.45. The molecule has 0 saturated carbocycles. The van der Waals surface area contributed by atoms with E-state index in [1.165, 1.54) is 22.6 Å².